The van der Waals surface area contributed by atoms with Crippen LogP contribution in [0.5, 0.6) is 0 Å². The molecule has 2 aromatic rings. The molecule has 1 aliphatic rings. The van der Waals surface area contributed by atoms with Crippen LogP contribution in [0.4, 0.5) is 0 Å². The molecule has 0 aliphatic carbocycles. The van der Waals surface area contributed by atoms with E-state index < -0.39 is 0 Å². The van der Waals surface area contributed by atoms with Crippen molar-refractivity contribution in [2.45, 2.75) is 47.1 Å². The summed E-state index contributed by atoms with van der Waals surface area (Å²) in [5.74, 6) is 0.0112. The minimum Gasteiger partial charge on any atom is -0.358 e. The Bertz CT molecular complexity index is 807. The summed E-state index contributed by atoms with van der Waals surface area (Å²) in [6.07, 6.45) is -0.420. The molecule has 1 aromatic heterocycles. The second kappa shape index (κ2) is 6.68. The van der Waals surface area contributed by atoms with Crippen molar-refractivity contribution in [2.75, 3.05) is 0 Å². The zero-order valence-electron chi connectivity index (χ0n) is 15.2. The molecule has 0 bridgehead atoms. The number of hydrogen-bond donors (Lipinski definition) is 3. The average Bonchev–Trinajstić information content (AvgIpc) is 3.11. The quantitative estimate of drug-likeness (QED) is 0.671. The molecule has 5 nitrogen and oxygen atoms in total. The van der Waals surface area contributed by atoms with Gasteiger partial charge in [-0.1, -0.05) is 48.8 Å². The molecule has 1 fully saturated rings. The number of halogens is 1. The van der Waals surface area contributed by atoms with Gasteiger partial charge in [-0.2, -0.15) is 0 Å². The average molecular weight is 406 g/mol. The van der Waals surface area contributed by atoms with Crippen molar-refractivity contribution < 1.29 is 9.53 Å². The highest BCUT2D eigenvalue weighted by Gasteiger charge is 2.36. The van der Waals surface area contributed by atoms with Gasteiger partial charge in [-0.3, -0.25) is 4.79 Å². The maximum absolute atomic E-state index is 13.0. The lowest BCUT2D eigenvalue weighted by atomic mass is 9.95. The van der Waals surface area contributed by atoms with Crippen LogP contribution in [0.3, 0.4) is 0 Å². The fraction of sp³-hybridized carbons (Fsp3) is 0.421. The van der Waals surface area contributed by atoms with Gasteiger partial charge in [-0.15, -0.1) is 0 Å². The van der Waals surface area contributed by atoms with Gasteiger partial charge >= 0.3 is 0 Å². The molecule has 0 spiro atoms. The van der Waals surface area contributed by atoms with Crippen LogP contribution in [-0.2, 0) is 4.74 Å². The van der Waals surface area contributed by atoms with Gasteiger partial charge in [0.25, 0.3) is 0 Å². The highest BCUT2D eigenvalue weighted by atomic mass is 79.9. The van der Waals surface area contributed by atoms with Crippen LogP contribution in [0.1, 0.15) is 59.9 Å². The van der Waals surface area contributed by atoms with E-state index in [1.54, 1.807) is 0 Å². The number of aryl methyl sites for hydroxylation is 1. The minimum atomic E-state index is -0.313. The molecule has 1 saturated heterocycles. The first-order chi connectivity index (χ1) is 11.7. The van der Waals surface area contributed by atoms with Crippen LogP contribution < -0.4 is 10.9 Å². The summed E-state index contributed by atoms with van der Waals surface area (Å²) in [4.78, 5) is 16.3. The Hall–Kier alpha value is -1.47. The Balaban J connectivity index is 1.91. The number of hydrogen-bond acceptors (Lipinski definition) is 4. The molecule has 0 saturated carbocycles. The standard InChI is InChI=1S/C19H24BrN3O2/c1-10-14(16(24)12-7-6-8-13(20)9-12)11(2)21-15(10)17-22-23-18(25-17)19(3,4)5/h6-9,17-18,21-23H,1-5H3. The van der Waals surface area contributed by atoms with Crippen LogP contribution in [0.15, 0.2) is 28.7 Å². The molecule has 0 amide bonds. The van der Waals surface area contributed by atoms with E-state index in [-0.39, 0.29) is 23.7 Å². The van der Waals surface area contributed by atoms with Gasteiger partial charge < -0.3 is 9.72 Å². The number of ketones is 1. The Labute approximate surface area is 156 Å². The molecule has 0 radical (unpaired) electrons. The van der Waals surface area contributed by atoms with E-state index in [9.17, 15) is 4.79 Å². The fourth-order valence-corrected chi connectivity index (χ4v) is 3.47. The molecule has 2 heterocycles. The molecule has 2 atom stereocenters. The van der Waals surface area contributed by atoms with Gasteiger partial charge in [-0.25, -0.2) is 10.9 Å². The number of nitrogens with one attached hydrogen (secondary N) is 3. The number of rotatable bonds is 3. The normalized spacial score (nSPS) is 20.9. The molecule has 6 heteroatoms. The van der Waals surface area contributed by atoms with Crippen LogP contribution in [0, 0.1) is 19.3 Å². The molecule has 3 N–H and O–H groups in total. The van der Waals surface area contributed by atoms with Crippen molar-refractivity contribution in [3.8, 4) is 0 Å². The summed E-state index contributed by atoms with van der Waals surface area (Å²) in [7, 11) is 0. The monoisotopic (exact) mass is 405 g/mol. The molecule has 2 unspecified atom stereocenters. The fourth-order valence-electron chi connectivity index (χ4n) is 3.07. The summed E-state index contributed by atoms with van der Waals surface area (Å²) >= 11 is 3.43. The third-order valence-corrected chi connectivity index (χ3v) is 4.95. The maximum Gasteiger partial charge on any atom is 0.195 e. The lowest BCUT2D eigenvalue weighted by molar-refractivity contribution is -0.0275. The van der Waals surface area contributed by atoms with Crippen LogP contribution in [0.2, 0.25) is 0 Å². The van der Waals surface area contributed by atoms with Crippen LogP contribution in [-0.4, -0.2) is 17.0 Å². The number of benzene rings is 1. The Morgan fingerprint density at radius 2 is 1.92 bits per heavy atom. The molecular formula is C19H24BrN3O2. The highest BCUT2D eigenvalue weighted by molar-refractivity contribution is 9.10. The predicted molar refractivity (Wildman–Crippen MR) is 101 cm³/mol. The SMILES string of the molecule is Cc1[nH]c(C2NNC(C(C)(C)C)O2)c(C)c1C(=O)c1cccc(Br)c1. The maximum atomic E-state index is 13.0. The minimum absolute atomic E-state index is 0.0112. The molecule has 134 valence electrons. The summed E-state index contributed by atoms with van der Waals surface area (Å²) in [5.41, 5.74) is 10.3. The topological polar surface area (TPSA) is 66.2 Å². The number of aromatic nitrogens is 1. The van der Waals surface area contributed by atoms with Crippen molar-refractivity contribution in [1.29, 1.82) is 0 Å². The van der Waals surface area contributed by atoms with E-state index in [0.29, 0.717) is 11.1 Å². The number of ether oxygens (including phenoxy) is 1. The van der Waals surface area contributed by atoms with E-state index in [2.05, 4.69) is 52.5 Å². The van der Waals surface area contributed by atoms with E-state index in [1.165, 1.54) is 0 Å². The Kier molecular flexibility index (Phi) is 4.90. The molecule has 1 aromatic carbocycles. The predicted octanol–water partition coefficient (Wildman–Crippen LogP) is 4.12. The van der Waals surface area contributed by atoms with Crippen LogP contribution in [0.25, 0.3) is 0 Å². The zero-order chi connectivity index (χ0) is 18.4. The van der Waals surface area contributed by atoms with Crippen molar-refractivity contribution in [2.24, 2.45) is 5.41 Å². The summed E-state index contributed by atoms with van der Waals surface area (Å²) < 4.78 is 6.98. The summed E-state index contributed by atoms with van der Waals surface area (Å²) in [6, 6.07) is 7.46. The third kappa shape index (κ3) is 3.58. The highest BCUT2D eigenvalue weighted by Crippen LogP contribution is 2.32. The second-order valence-electron chi connectivity index (χ2n) is 7.55. The molecule has 3 rings (SSSR count). The molecular weight excluding hydrogens is 382 g/mol. The lowest BCUT2D eigenvalue weighted by Crippen LogP contribution is -2.39. The van der Waals surface area contributed by atoms with E-state index >= 15 is 0 Å². The lowest BCUT2D eigenvalue weighted by Gasteiger charge is -2.25. The molecule has 1 aliphatic heterocycles. The van der Waals surface area contributed by atoms with Crippen molar-refractivity contribution in [3.05, 3.63) is 56.8 Å². The van der Waals surface area contributed by atoms with Gasteiger partial charge in [-0.05, 0) is 31.5 Å². The van der Waals surface area contributed by atoms with Gasteiger partial charge in [0.15, 0.2) is 12.0 Å². The van der Waals surface area contributed by atoms with Crippen molar-refractivity contribution in [1.82, 2.24) is 15.8 Å². The zero-order valence-corrected chi connectivity index (χ0v) is 16.7. The van der Waals surface area contributed by atoms with Gasteiger partial charge in [0.05, 0.1) is 5.69 Å². The first-order valence-electron chi connectivity index (χ1n) is 8.34. The summed E-state index contributed by atoms with van der Waals surface area (Å²) in [5, 5.41) is 0. The number of hydrazine groups is 1. The van der Waals surface area contributed by atoms with E-state index in [1.807, 2.05) is 38.1 Å². The van der Waals surface area contributed by atoms with Crippen molar-refractivity contribution >= 4 is 21.7 Å². The van der Waals surface area contributed by atoms with Gasteiger partial charge in [0.1, 0.15) is 6.23 Å². The smallest absolute Gasteiger partial charge is 0.195 e. The Morgan fingerprint density at radius 1 is 1.20 bits per heavy atom. The van der Waals surface area contributed by atoms with E-state index in [0.717, 1.165) is 21.4 Å². The third-order valence-electron chi connectivity index (χ3n) is 4.46. The number of aromatic amines is 1. The van der Waals surface area contributed by atoms with E-state index in [4.69, 9.17) is 4.74 Å². The largest absolute Gasteiger partial charge is 0.358 e. The van der Waals surface area contributed by atoms with Crippen LogP contribution >= 0.6 is 15.9 Å². The first-order valence-corrected chi connectivity index (χ1v) is 9.13. The number of carbonyl (C=O) groups is 1. The van der Waals surface area contributed by atoms with Gasteiger partial charge in [0, 0.05) is 26.7 Å². The van der Waals surface area contributed by atoms with Crippen molar-refractivity contribution in [3.63, 3.8) is 0 Å². The molecule has 25 heavy (non-hydrogen) atoms. The van der Waals surface area contributed by atoms with Gasteiger partial charge in [0.2, 0.25) is 0 Å². The number of carbonyl (C=O) groups excluding carboxylic acids is 1. The Morgan fingerprint density at radius 3 is 2.52 bits per heavy atom. The number of H-pyrrole nitrogens is 1. The summed E-state index contributed by atoms with van der Waals surface area (Å²) in [6.45, 7) is 10.2. The first kappa shape index (κ1) is 18.3. The second-order valence-corrected chi connectivity index (χ2v) is 8.47.